The number of hydrogen-bond acceptors (Lipinski definition) is 6. The van der Waals surface area contributed by atoms with Crippen LogP contribution in [0.5, 0.6) is 11.5 Å². The van der Waals surface area contributed by atoms with Gasteiger partial charge in [-0.3, -0.25) is 4.79 Å². The highest BCUT2D eigenvalue weighted by Gasteiger charge is 2.12. The van der Waals surface area contributed by atoms with E-state index in [1.165, 1.54) is 7.11 Å². The van der Waals surface area contributed by atoms with Gasteiger partial charge < -0.3 is 19.9 Å². The van der Waals surface area contributed by atoms with E-state index in [0.717, 1.165) is 23.0 Å². The summed E-state index contributed by atoms with van der Waals surface area (Å²) in [7, 11) is 2.96. The van der Waals surface area contributed by atoms with Crippen LogP contribution in [0.15, 0.2) is 24.3 Å². The van der Waals surface area contributed by atoms with Crippen LogP contribution >= 0.6 is 11.8 Å². The lowest BCUT2D eigenvalue weighted by Crippen LogP contribution is -2.32. The third-order valence-electron chi connectivity index (χ3n) is 2.63. The molecular formula is C14H21NO4S. The van der Waals surface area contributed by atoms with Crippen molar-refractivity contribution in [1.82, 2.24) is 0 Å². The van der Waals surface area contributed by atoms with Gasteiger partial charge in [0.15, 0.2) is 11.5 Å². The highest BCUT2D eigenvalue weighted by atomic mass is 32.2. The second-order valence-electron chi connectivity index (χ2n) is 4.03. The Kier molecular flexibility index (Phi) is 7.91. The summed E-state index contributed by atoms with van der Waals surface area (Å²) in [5, 5.41) is 0. The number of nitrogens with two attached hydrogens (primary N) is 1. The fraction of sp³-hybridized carbons (Fsp3) is 0.500. The molecule has 1 unspecified atom stereocenters. The molecule has 112 valence electrons. The minimum atomic E-state index is -0.539. The van der Waals surface area contributed by atoms with Crippen molar-refractivity contribution >= 4 is 17.7 Å². The molecule has 0 aliphatic heterocycles. The van der Waals surface area contributed by atoms with Crippen LogP contribution in [-0.4, -0.2) is 44.3 Å². The number of ether oxygens (including phenoxy) is 3. The molecule has 0 spiro atoms. The lowest BCUT2D eigenvalue weighted by molar-refractivity contribution is -0.142. The number of methoxy groups -OCH3 is 2. The third-order valence-corrected chi connectivity index (χ3v) is 3.61. The number of rotatable bonds is 9. The molecule has 1 aromatic rings. The summed E-state index contributed by atoms with van der Waals surface area (Å²) in [6.45, 7) is 0.582. The quantitative estimate of drug-likeness (QED) is 0.553. The van der Waals surface area contributed by atoms with E-state index in [2.05, 4.69) is 4.74 Å². The molecule has 1 atom stereocenters. The predicted molar refractivity (Wildman–Crippen MR) is 80.4 cm³/mol. The van der Waals surface area contributed by atoms with Crippen molar-refractivity contribution in [3.05, 3.63) is 24.3 Å². The molecule has 0 saturated heterocycles. The molecule has 0 fully saturated rings. The van der Waals surface area contributed by atoms with Gasteiger partial charge in [0.25, 0.3) is 0 Å². The average Bonchev–Trinajstić information content (AvgIpc) is 2.49. The monoisotopic (exact) mass is 299 g/mol. The molecular weight excluding hydrogens is 278 g/mol. The van der Waals surface area contributed by atoms with E-state index < -0.39 is 6.04 Å². The van der Waals surface area contributed by atoms with E-state index >= 15 is 0 Å². The summed E-state index contributed by atoms with van der Waals surface area (Å²) < 4.78 is 15.4. The first-order valence-corrected chi connectivity index (χ1v) is 7.51. The number of para-hydroxylation sites is 2. The summed E-state index contributed by atoms with van der Waals surface area (Å²) >= 11 is 1.69. The molecule has 0 aromatic heterocycles. The van der Waals surface area contributed by atoms with Crippen LogP contribution in [0, 0.1) is 0 Å². The van der Waals surface area contributed by atoms with Crippen molar-refractivity contribution in [2.75, 3.05) is 32.3 Å². The summed E-state index contributed by atoms with van der Waals surface area (Å²) in [5.74, 6) is 2.72. The molecule has 0 aliphatic rings. The van der Waals surface area contributed by atoms with Gasteiger partial charge in [-0.25, -0.2) is 0 Å². The Bertz CT molecular complexity index is 414. The zero-order valence-corrected chi connectivity index (χ0v) is 12.7. The Morgan fingerprint density at radius 1 is 1.25 bits per heavy atom. The van der Waals surface area contributed by atoms with E-state index in [1.807, 2.05) is 24.3 Å². The van der Waals surface area contributed by atoms with E-state index in [0.29, 0.717) is 13.0 Å². The van der Waals surface area contributed by atoms with Crippen molar-refractivity contribution in [3.8, 4) is 11.5 Å². The van der Waals surface area contributed by atoms with Gasteiger partial charge >= 0.3 is 5.97 Å². The molecule has 2 N–H and O–H groups in total. The number of thioether (sulfide) groups is 1. The lowest BCUT2D eigenvalue weighted by Gasteiger charge is -2.11. The fourth-order valence-electron chi connectivity index (χ4n) is 1.53. The molecule has 0 heterocycles. The van der Waals surface area contributed by atoms with Gasteiger partial charge in [0.1, 0.15) is 6.04 Å². The van der Waals surface area contributed by atoms with Gasteiger partial charge in [-0.2, -0.15) is 11.8 Å². The van der Waals surface area contributed by atoms with E-state index in [-0.39, 0.29) is 5.97 Å². The van der Waals surface area contributed by atoms with Gasteiger partial charge in [0, 0.05) is 5.75 Å². The second-order valence-corrected chi connectivity index (χ2v) is 5.25. The maximum Gasteiger partial charge on any atom is 0.322 e. The van der Waals surface area contributed by atoms with Gasteiger partial charge in [0.05, 0.1) is 20.8 Å². The molecule has 0 saturated carbocycles. The zero-order valence-electron chi connectivity index (χ0n) is 11.8. The first kappa shape index (κ1) is 16.7. The first-order valence-electron chi connectivity index (χ1n) is 6.36. The van der Waals surface area contributed by atoms with Gasteiger partial charge in [-0.05, 0) is 24.3 Å². The van der Waals surface area contributed by atoms with Crippen LogP contribution < -0.4 is 15.2 Å². The average molecular weight is 299 g/mol. The van der Waals surface area contributed by atoms with Crippen LogP contribution in [0.25, 0.3) is 0 Å². The Labute approximate surface area is 123 Å². The maximum atomic E-state index is 11.1. The van der Waals surface area contributed by atoms with Gasteiger partial charge in [-0.15, -0.1) is 0 Å². The van der Waals surface area contributed by atoms with E-state index in [4.69, 9.17) is 15.2 Å². The smallest absolute Gasteiger partial charge is 0.322 e. The Hall–Kier alpha value is -1.40. The topological polar surface area (TPSA) is 70.8 Å². The number of carbonyl (C=O) groups excluding carboxylic acids is 1. The van der Waals surface area contributed by atoms with Gasteiger partial charge in [-0.1, -0.05) is 12.1 Å². The minimum Gasteiger partial charge on any atom is -0.493 e. The Morgan fingerprint density at radius 3 is 2.60 bits per heavy atom. The van der Waals surface area contributed by atoms with Crippen molar-refractivity contribution in [2.45, 2.75) is 12.5 Å². The molecule has 0 bridgehead atoms. The summed E-state index contributed by atoms with van der Waals surface area (Å²) in [4.78, 5) is 11.1. The molecule has 1 aromatic carbocycles. The number of benzene rings is 1. The molecule has 5 nitrogen and oxygen atoms in total. The van der Waals surface area contributed by atoms with Crippen LogP contribution in [0.2, 0.25) is 0 Å². The van der Waals surface area contributed by atoms with Crippen LogP contribution in [0.4, 0.5) is 0 Å². The molecule has 0 aliphatic carbocycles. The Balaban J connectivity index is 2.15. The molecule has 6 heteroatoms. The highest BCUT2D eigenvalue weighted by molar-refractivity contribution is 7.99. The third kappa shape index (κ3) is 5.71. The van der Waals surface area contributed by atoms with Crippen molar-refractivity contribution in [3.63, 3.8) is 0 Å². The number of hydrogen-bond donors (Lipinski definition) is 1. The molecule has 20 heavy (non-hydrogen) atoms. The largest absolute Gasteiger partial charge is 0.493 e. The Morgan fingerprint density at radius 2 is 1.95 bits per heavy atom. The normalized spacial score (nSPS) is 11.8. The maximum absolute atomic E-state index is 11.1. The lowest BCUT2D eigenvalue weighted by atomic mass is 10.2. The molecule has 0 radical (unpaired) electrons. The van der Waals surface area contributed by atoms with E-state index in [1.54, 1.807) is 18.9 Å². The van der Waals surface area contributed by atoms with Crippen LogP contribution in [-0.2, 0) is 9.53 Å². The van der Waals surface area contributed by atoms with Gasteiger partial charge in [0.2, 0.25) is 0 Å². The highest BCUT2D eigenvalue weighted by Crippen LogP contribution is 2.25. The standard InChI is InChI=1S/C14H21NO4S/c1-17-12-5-3-4-6-13(12)19-8-10-20-9-7-11(15)14(16)18-2/h3-6,11H,7-10,15H2,1-2H3. The minimum absolute atomic E-state index is 0.365. The molecule has 1 rings (SSSR count). The van der Waals surface area contributed by atoms with Crippen molar-refractivity contribution < 1.29 is 19.0 Å². The predicted octanol–water partition coefficient (Wildman–Crippen LogP) is 1.70. The summed E-state index contributed by atoms with van der Waals surface area (Å²) in [5.41, 5.74) is 5.64. The van der Waals surface area contributed by atoms with Crippen LogP contribution in [0.1, 0.15) is 6.42 Å². The van der Waals surface area contributed by atoms with Crippen molar-refractivity contribution in [1.29, 1.82) is 0 Å². The first-order chi connectivity index (χ1) is 9.69. The summed E-state index contributed by atoms with van der Waals surface area (Å²) in [6, 6.07) is 6.99. The SMILES string of the molecule is COC(=O)C(N)CCSCCOc1ccccc1OC. The van der Waals surface area contributed by atoms with E-state index in [9.17, 15) is 4.79 Å². The fourth-order valence-corrected chi connectivity index (χ4v) is 2.36. The second kappa shape index (κ2) is 9.50. The number of esters is 1. The van der Waals surface area contributed by atoms with Crippen molar-refractivity contribution in [2.24, 2.45) is 5.73 Å². The summed E-state index contributed by atoms with van der Waals surface area (Å²) in [6.07, 6.45) is 0.603. The zero-order chi connectivity index (χ0) is 14.8. The number of carbonyl (C=O) groups is 1. The van der Waals surface area contributed by atoms with Crippen LogP contribution in [0.3, 0.4) is 0 Å². The molecule has 0 amide bonds.